The summed E-state index contributed by atoms with van der Waals surface area (Å²) in [5, 5.41) is 23.7. The molecule has 2 aliphatic heterocycles. The molecule has 2 N–H and O–H groups in total. The lowest BCUT2D eigenvalue weighted by molar-refractivity contribution is 0.101. The van der Waals surface area contributed by atoms with Crippen molar-refractivity contribution in [2.45, 2.75) is 12.8 Å². The van der Waals surface area contributed by atoms with Crippen LogP contribution in [-0.2, 0) is 12.8 Å². The topological polar surface area (TPSA) is 125 Å². The van der Waals surface area contributed by atoms with E-state index >= 15 is 0 Å². The minimum absolute atomic E-state index is 0.117. The maximum atomic E-state index is 12.9. The molecule has 2 aromatic carbocycles. The number of carbonyl (C=O) groups is 2. The fraction of sp³-hybridized carbons (Fsp3) is 0.222. The van der Waals surface area contributed by atoms with Crippen LogP contribution in [0.3, 0.4) is 0 Å². The van der Waals surface area contributed by atoms with Crippen LogP contribution in [0.4, 0.5) is 22.7 Å². The van der Waals surface area contributed by atoms with Gasteiger partial charge in [0.2, 0.25) is 0 Å². The third kappa shape index (κ3) is 4.55. The van der Waals surface area contributed by atoms with Crippen molar-refractivity contribution in [2.75, 3.05) is 46.6 Å². The second kappa shape index (κ2) is 9.77. The van der Waals surface area contributed by atoms with Gasteiger partial charge in [-0.1, -0.05) is 18.2 Å². The van der Waals surface area contributed by atoms with E-state index in [1.165, 1.54) is 0 Å². The summed E-state index contributed by atoms with van der Waals surface area (Å²) in [4.78, 5) is 34.0. The summed E-state index contributed by atoms with van der Waals surface area (Å²) in [6.07, 6.45) is 1.73. The van der Waals surface area contributed by atoms with Gasteiger partial charge < -0.3 is 20.4 Å². The van der Waals surface area contributed by atoms with E-state index in [2.05, 4.69) is 27.8 Å². The van der Waals surface area contributed by atoms with E-state index in [4.69, 9.17) is 10.5 Å². The van der Waals surface area contributed by atoms with E-state index < -0.39 is 11.8 Å². The number of nitriles is 2. The molecule has 3 aromatic rings. The molecule has 5 rings (SSSR count). The van der Waals surface area contributed by atoms with E-state index in [1.54, 1.807) is 18.2 Å². The number of anilines is 4. The molecule has 2 amide bonds. The van der Waals surface area contributed by atoms with Crippen molar-refractivity contribution >= 4 is 34.6 Å². The first-order chi connectivity index (χ1) is 17.6. The molecule has 0 bridgehead atoms. The lowest BCUT2D eigenvalue weighted by atomic mass is 10.1. The first-order valence-corrected chi connectivity index (χ1v) is 11.6. The van der Waals surface area contributed by atoms with E-state index in [0.717, 1.165) is 48.4 Å². The predicted octanol–water partition coefficient (Wildman–Crippen LogP) is 3.36. The number of nitrogens with zero attached hydrogens (tertiary/aromatic N) is 5. The Balaban J connectivity index is 1.28. The summed E-state index contributed by atoms with van der Waals surface area (Å²) in [5.41, 5.74) is 5.60. The summed E-state index contributed by atoms with van der Waals surface area (Å²) < 4.78 is 0. The van der Waals surface area contributed by atoms with Crippen LogP contribution in [0.25, 0.3) is 0 Å². The Bertz CT molecular complexity index is 1330. The summed E-state index contributed by atoms with van der Waals surface area (Å²) in [6, 6.07) is 20.3. The molecule has 9 heteroatoms. The van der Waals surface area contributed by atoms with E-state index in [9.17, 15) is 9.59 Å². The summed E-state index contributed by atoms with van der Waals surface area (Å²) >= 11 is 0. The molecule has 178 valence electrons. The molecule has 0 saturated heterocycles. The Hall–Kier alpha value is -4.89. The molecule has 0 aliphatic carbocycles. The van der Waals surface area contributed by atoms with Crippen LogP contribution in [0.15, 0.2) is 54.6 Å². The van der Waals surface area contributed by atoms with Crippen LogP contribution in [0.1, 0.15) is 32.1 Å². The number of amides is 2. The molecular formula is C27H23N7O2. The summed E-state index contributed by atoms with van der Waals surface area (Å²) in [5.74, 6) is -0.863. The zero-order valence-electron chi connectivity index (χ0n) is 19.5. The number of nitrogens with one attached hydrogen (secondary N) is 2. The van der Waals surface area contributed by atoms with Gasteiger partial charge >= 0.3 is 0 Å². The average Bonchev–Trinajstić information content (AvgIpc) is 3.48. The van der Waals surface area contributed by atoms with Crippen LogP contribution >= 0.6 is 0 Å². The Kier molecular flexibility index (Phi) is 6.21. The fourth-order valence-corrected chi connectivity index (χ4v) is 4.62. The molecule has 0 fully saturated rings. The lowest BCUT2D eigenvalue weighted by Crippen LogP contribution is -2.21. The molecule has 1 aromatic heterocycles. The van der Waals surface area contributed by atoms with E-state index in [1.807, 2.05) is 46.2 Å². The van der Waals surface area contributed by atoms with E-state index in [-0.39, 0.29) is 11.4 Å². The van der Waals surface area contributed by atoms with Gasteiger partial charge in [-0.15, -0.1) is 0 Å². The van der Waals surface area contributed by atoms with Crippen molar-refractivity contribution in [3.05, 3.63) is 77.1 Å². The lowest BCUT2D eigenvalue weighted by Gasteiger charge is -2.16. The van der Waals surface area contributed by atoms with E-state index in [0.29, 0.717) is 24.5 Å². The summed E-state index contributed by atoms with van der Waals surface area (Å²) in [7, 11) is 0. The minimum atomic E-state index is -0.431. The van der Waals surface area contributed by atoms with Crippen molar-refractivity contribution < 1.29 is 9.59 Å². The molecule has 2 aliphatic rings. The van der Waals surface area contributed by atoms with Crippen molar-refractivity contribution in [1.29, 1.82) is 10.5 Å². The van der Waals surface area contributed by atoms with Crippen LogP contribution in [0.5, 0.6) is 0 Å². The highest BCUT2D eigenvalue weighted by Crippen LogP contribution is 2.31. The zero-order valence-corrected chi connectivity index (χ0v) is 19.5. The maximum Gasteiger partial charge on any atom is 0.274 e. The second-order valence-corrected chi connectivity index (χ2v) is 8.66. The first kappa shape index (κ1) is 22.9. The molecule has 9 nitrogen and oxygen atoms in total. The van der Waals surface area contributed by atoms with Gasteiger partial charge in [-0.2, -0.15) is 10.5 Å². The quantitative estimate of drug-likeness (QED) is 0.522. The standard InChI is InChI=1S/C27H23N7O2/c28-10-14-33-12-8-18-4-6-20(16-24(18)33)30-26(35)22-2-1-3-23(32-22)27(36)31-21-7-5-19-9-13-34(15-11-29)25(19)17-21/h1-7,16-17H,8-9,12-15H2,(H,30,35)(H,31,36). The number of aromatic nitrogens is 1. The van der Waals surface area contributed by atoms with Crippen LogP contribution in [-0.4, -0.2) is 43.0 Å². The number of rotatable bonds is 6. The van der Waals surface area contributed by atoms with Gasteiger partial charge in [-0.3, -0.25) is 9.59 Å². The number of benzene rings is 2. The number of pyridine rings is 1. The number of carbonyl (C=O) groups excluding carboxylic acids is 2. The Labute approximate surface area is 208 Å². The van der Waals surface area contributed by atoms with Gasteiger partial charge in [-0.05, 0) is 60.4 Å². The SMILES string of the molecule is N#CCN1CCc2ccc(NC(=O)c3cccc(C(=O)Nc4ccc5c(c4)N(CC#N)CC5)n3)cc21. The van der Waals surface area contributed by atoms with Crippen LogP contribution < -0.4 is 20.4 Å². The van der Waals surface area contributed by atoms with Crippen LogP contribution in [0, 0.1) is 22.7 Å². The highest BCUT2D eigenvalue weighted by atomic mass is 16.2. The fourth-order valence-electron chi connectivity index (χ4n) is 4.62. The smallest absolute Gasteiger partial charge is 0.274 e. The number of hydrogen-bond acceptors (Lipinski definition) is 7. The van der Waals surface area contributed by atoms with Gasteiger partial charge in [0.05, 0.1) is 12.1 Å². The third-order valence-corrected chi connectivity index (χ3v) is 6.41. The Morgan fingerprint density at radius 3 is 1.69 bits per heavy atom. The largest absolute Gasteiger partial charge is 0.358 e. The van der Waals surface area contributed by atoms with Gasteiger partial charge in [0.1, 0.15) is 24.5 Å². The molecule has 36 heavy (non-hydrogen) atoms. The second-order valence-electron chi connectivity index (χ2n) is 8.66. The Morgan fingerprint density at radius 2 is 1.25 bits per heavy atom. The zero-order chi connectivity index (χ0) is 25.1. The molecule has 3 heterocycles. The summed E-state index contributed by atoms with van der Waals surface area (Å²) in [6.45, 7) is 2.15. The maximum absolute atomic E-state index is 12.9. The van der Waals surface area contributed by atoms with Crippen molar-refractivity contribution in [3.8, 4) is 12.1 Å². The molecule has 0 radical (unpaired) electrons. The highest BCUT2D eigenvalue weighted by Gasteiger charge is 2.21. The van der Waals surface area contributed by atoms with Crippen molar-refractivity contribution in [3.63, 3.8) is 0 Å². The predicted molar refractivity (Wildman–Crippen MR) is 136 cm³/mol. The molecule has 0 saturated carbocycles. The normalized spacial score (nSPS) is 13.4. The molecular weight excluding hydrogens is 454 g/mol. The van der Waals surface area contributed by atoms with Gasteiger partial charge in [0, 0.05) is 35.8 Å². The number of hydrogen-bond donors (Lipinski definition) is 2. The molecule has 0 spiro atoms. The van der Waals surface area contributed by atoms with Crippen LogP contribution in [0.2, 0.25) is 0 Å². The third-order valence-electron chi connectivity index (χ3n) is 6.41. The molecule has 0 unspecified atom stereocenters. The van der Waals surface area contributed by atoms with Crippen molar-refractivity contribution in [2.24, 2.45) is 0 Å². The van der Waals surface area contributed by atoms with Crippen molar-refractivity contribution in [1.82, 2.24) is 4.98 Å². The van der Waals surface area contributed by atoms with Gasteiger partial charge in [0.25, 0.3) is 11.8 Å². The number of fused-ring (bicyclic) bond motifs is 2. The monoisotopic (exact) mass is 477 g/mol. The Morgan fingerprint density at radius 1 is 0.778 bits per heavy atom. The average molecular weight is 478 g/mol. The molecule has 0 atom stereocenters. The highest BCUT2D eigenvalue weighted by molar-refractivity contribution is 6.06. The minimum Gasteiger partial charge on any atom is -0.358 e. The first-order valence-electron chi connectivity index (χ1n) is 11.6. The van der Waals surface area contributed by atoms with Gasteiger partial charge in [0.15, 0.2) is 0 Å². The van der Waals surface area contributed by atoms with Gasteiger partial charge in [-0.25, -0.2) is 4.98 Å².